The molecule has 1 fully saturated rings. The number of hydrogen-bond acceptors (Lipinski definition) is 4. The predicted octanol–water partition coefficient (Wildman–Crippen LogP) is -0.0793. The first-order chi connectivity index (χ1) is 7.00. The Hall–Kier alpha value is -0.260. The molecule has 0 radical (unpaired) electrons. The Bertz CT molecular complexity index is 233. The highest BCUT2D eigenvalue weighted by molar-refractivity contribution is 7.98. The number of β-amino-alcohol motifs (C(OH)–C–C–N with tert-alkyl or cyclic N) is 1. The molecule has 5 heteroatoms. The van der Waals surface area contributed by atoms with Crippen molar-refractivity contribution in [2.75, 3.05) is 32.1 Å². The van der Waals surface area contributed by atoms with Crippen molar-refractivity contribution in [1.29, 1.82) is 0 Å². The van der Waals surface area contributed by atoms with Gasteiger partial charge >= 0.3 is 0 Å². The van der Waals surface area contributed by atoms with Crippen molar-refractivity contribution in [2.45, 2.75) is 25.0 Å². The first-order valence-electron chi connectivity index (χ1n) is 5.17. The molecule has 1 heterocycles. The number of rotatable bonds is 5. The van der Waals surface area contributed by atoms with Gasteiger partial charge in [-0.2, -0.15) is 11.8 Å². The topological polar surface area (TPSA) is 52.6 Å². The van der Waals surface area contributed by atoms with E-state index < -0.39 is 5.60 Å². The Kier molecular flexibility index (Phi) is 4.43. The first kappa shape index (κ1) is 12.8. The number of carbonyl (C=O) groups is 1. The van der Waals surface area contributed by atoms with E-state index in [1.54, 1.807) is 30.6 Å². The van der Waals surface area contributed by atoms with Crippen LogP contribution in [0.15, 0.2) is 0 Å². The van der Waals surface area contributed by atoms with Gasteiger partial charge in [0.2, 0.25) is 5.91 Å². The molecule has 0 saturated carbocycles. The van der Waals surface area contributed by atoms with Gasteiger partial charge < -0.3 is 15.3 Å². The quantitative estimate of drug-likeness (QED) is 0.696. The van der Waals surface area contributed by atoms with Gasteiger partial charge in [-0.15, -0.1) is 0 Å². The van der Waals surface area contributed by atoms with Crippen LogP contribution in [0.5, 0.6) is 0 Å². The van der Waals surface area contributed by atoms with Crippen LogP contribution >= 0.6 is 11.8 Å². The molecule has 0 spiro atoms. The van der Waals surface area contributed by atoms with Crippen molar-refractivity contribution >= 4 is 17.7 Å². The highest BCUT2D eigenvalue weighted by Gasteiger charge is 2.34. The number of carbonyl (C=O) groups excluding carboxylic acids is 1. The lowest BCUT2D eigenvalue weighted by Crippen LogP contribution is -2.45. The van der Waals surface area contributed by atoms with Gasteiger partial charge in [0.05, 0.1) is 11.6 Å². The first-order valence-corrected chi connectivity index (χ1v) is 6.57. The van der Waals surface area contributed by atoms with Crippen molar-refractivity contribution in [3.63, 3.8) is 0 Å². The minimum absolute atomic E-state index is 0.0601. The fourth-order valence-electron chi connectivity index (χ4n) is 1.93. The third-order valence-corrected chi connectivity index (χ3v) is 3.54. The summed E-state index contributed by atoms with van der Waals surface area (Å²) in [5.74, 6) is 0.764. The van der Waals surface area contributed by atoms with Gasteiger partial charge in [0.15, 0.2) is 0 Å². The molecule has 0 aromatic carbocycles. The minimum atomic E-state index is -0.780. The van der Waals surface area contributed by atoms with E-state index in [9.17, 15) is 9.90 Å². The zero-order valence-electron chi connectivity index (χ0n) is 9.62. The predicted molar refractivity (Wildman–Crippen MR) is 63.1 cm³/mol. The highest BCUT2D eigenvalue weighted by Crippen LogP contribution is 2.17. The van der Waals surface area contributed by atoms with Crippen LogP contribution in [-0.4, -0.2) is 59.7 Å². The summed E-state index contributed by atoms with van der Waals surface area (Å²) in [6, 6.07) is -0.0601. The number of likely N-dealkylation sites (tertiary alicyclic amines) is 1. The van der Waals surface area contributed by atoms with Crippen LogP contribution in [0.3, 0.4) is 0 Å². The van der Waals surface area contributed by atoms with E-state index in [0.29, 0.717) is 12.3 Å². The Morgan fingerprint density at radius 1 is 1.73 bits per heavy atom. The van der Waals surface area contributed by atoms with Crippen molar-refractivity contribution in [3.05, 3.63) is 0 Å². The summed E-state index contributed by atoms with van der Waals surface area (Å²) in [7, 11) is 1.80. The van der Waals surface area contributed by atoms with Crippen LogP contribution in [0.25, 0.3) is 0 Å². The molecule has 0 aromatic rings. The van der Waals surface area contributed by atoms with Gasteiger partial charge in [-0.05, 0) is 26.6 Å². The Labute approximate surface area is 95.4 Å². The molecule has 88 valence electrons. The zero-order chi connectivity index (χ0) is 11.5. The maximum atomic E-state index is 11.8. The Balaban J connectivity index is 2.49. The van der Waals surface area contributed by atoms with E-state index in [0.717, 1.165) is 13.0 Å². The summed E-state index contributed by atoms with van der Waals surface area (Å²) >= 11 is 1.60. The van der Waals surface area contributed by atoms with Crippen molar-refractivity contribution in [3.8, 4) is 0 Å². The molecule has 1 saturated heterocycles. The lowest BCUT2D eigenvalue weighted by atomic mass is 10.1. The number of amides is 1. The summed E-state index contributed by atoms with van der Waals surface area (Å²) in [4.78, 5) is 13.5. The number of likely N-dealkylation sites (N-methyl/N-ethyl adjacent to an activating group) is 1. The maximum Gasteiger partial charge on any atom is 0.239 e. The summed E-state index contributed by atoms with van der Waals surface area (Å²) in [5, 5.41) is 13.0. The number of nitrogens with one attached hydrogen (secondary N) is 1. The lowest BCUT2D eigenvalue weighted by Gasteiger charge is -2.28. The van der Waals surface area contributed by atoms with Crippen LogP contribution < -0.4 is 5.32 Å². The molecule has 2 N–H and O–H groups in total. The monoisotopic (exact) mass is 232 g/mol. The van der Waals surface area contributed by atoms with Gasteiger partial charge in [0.1, 0.15) is 0 Å². The van der Waals surface area contributed by atoms with E-state index in [1.165, 1.54) is 0 Å². The van der Waals surface area contributed by atoms with Crippen molar-refractivity contribution in [1.82, 2.24) is 10.2 Å². The molecular formula is C10H20N2O2S. The van der Waals surface area contributed by atoms with Crippen LogP contribution in [0.1, 0.15) is 13.3 Å². The summed E-state index contributed by atoms with van der Waals surface area (Å²) in [6.45, 7) is 2.96. The lowest BCUT2D eigenvalue weighted by molar-refractivity contribution is -0.131. The van der Waals surface area contributed by atoms with E-state index in [-0.39, 0.29) is 11.9 Å². The standard InChI is InChI=1S/C10H20N2O2S/c1-10(14,7-15-3)6-12-5-4-8(11-2)9(12)13/h8,11,14H,4-7H2,1-3H3. The fraction of sp³-hybridized carbons (Fsp3) is 0.900. The molecule has 0 bridgehead atoms. The second-order valence-corrected chi connectivity index (χ2v) is 5.19. The minimum Gasteiger partial charge on any atom is -0.387 e. The summed E-state index contributed by atoms with van der Waals surface area (Å²) in [6.07, 6.45) is 2.79. The Morgan fingerprint density at radius 2 is 2.40 bits per heavy atom. The van der Waals surface area contributed by atoms with Gasteiger partial charge in [-0.1, -0.05) is 0 Å². The smallest absolute Gasteiger partial charge is 0.239 e. The number of nitrogens with zero attached hydrogens (tertiary/aromatic N) is 1. The normalized spacial score (nSPS) is 25.7. The SMILES string of the molecule is CNC1CCN(CC(C)(O)CSC)C1=O. The number of thioether (sulfide) groups is 1. The molecule has 1 rings (SSSR count). The second kappa shape index (κ2) is 5.18. The van der Waals surface area contributed by atoms with Crippen molar-refractivity contribution in [2.24, 2.45) is 0 Å². The maximum absolute atomic E-state index is 11.8. The van der Waals surface area contributed by atoms with Gasteiger partial charge in [0.25, 0.3) is 0 Å². The van der Waals surface area contributed by atoms with E-state index in [4.69, 9.17) is 0 Å². The third-order valence-electron chi connectivity index (χ3n) is 2.63. The van der Waals surface area contributed by atoms with Crippen LogP contribution in [-0.2, 0) is 4.79 Å². The molecule has 4 nitrogen and oxygen atoms in total. The average Bonchev–Trinajstić information content (AvgIpc) is 2.47. The van der Waals surface area contributed by atoms with Gasteiger partial charge in [-0.25, -0.2) is 0 Å². The molecule has 15 heavy (non-hydrogen) atoms. The second-order valence-electron chi connectivity index (χ2n) is 4.32. The largest absolute Gasteiger partial charge is 0.387 e. The molecule has 2 unspecified atom stereocenters. The molecular weight excluding hydrogens is 212 g/mol. The van der Waals surface area contributed by atoms with Crippen LogP contribution in [0.2, 0.25) is 0 Å². The highest BCUT2D eigenvalue weighted by atomic mass is 32.2. The number of hydrogen-bond donors (Lipinski definition) is 2. The molecule has 2 atom stereocenters. The van der Waals surface area contributed by atoms with E-state index in [1.807, 2.05) is 6.26 Å². The zero-order valence-corrected chi connectivity index (χ0v) is 10.4. The number of aliphatic hydroxyl groups is 1. The fourth-order valence-corrected chi connectivity index (χ4v) is 2.64. The Morgan fingerprint density at radius 3 is 2.87 bits per heavy atom. The van der Waals surface area contributed by atoms with Gasteiger partial charge in [0, 0.05) is 18.8 Å². The summed E-state index contributed by atoms with van der Waals surface area (Å²) < 4.78 is 0. The molecule has 1 aliphatic rings. The molecule has 1 amide bonds. The van der Waals surface area contributed by atoms with Crippen molar-refractivity contribution < 1.29 is 9.90 Å². The van der Waals surface area contributed by atoms with Gasteiger partial charge in [-0.3, -0.25) is 4.79 Å². The molecule has 0 aromatic heterocycles. The molecule has 1 aliphatic heterocycles. The average molecular weight is 232 g/mol. The van der Waals surface area contributed by atoms with E-state index >= 15 is 0 Å². The summed E-state index contributed by atoms with van der Waals surface area (Å²) in [5.41, 5.74) is -0.780. The van der Waals surface area contributed by atoms with Crippen LogP contribution in [0, 0.1) is 0 Å². The van der Waals surface area contributed by atoms with Crippen LogP contribution in [0.4, 0.5) is 0 Å². The van der Waals surface area contributed by atoms with E-state index in [2.05, 4.69) is 5.32 Å². The third kappa shape index (κ3) is 3.36. The molecule has 0 aliphatic carbocycles.